The maximum atomic E-state index is 4.39. The van der Waals surface area contributed by atoms with Crippen molar-refractivity contribution in [2.45, 2.75) is 33.1 Å². The van der Waals surface area contributed by atoms with Crippen molar-refractivity contribution in [1.82, 2.24) is 0 Å². The molecular formula is C26H29N. The fourth-order valence-electron chi connectivity index (χ4n) is 3.65. The summed E-state index contributed by atoms with van der Waals surface area (Å²) in [5, 5.41) is 0. The Balaban J connectivity index is 2.13. The highest BCUT2D eigenvalue weighted by molar-refractivity contribution is 5.70. The Morgan fingerprint density at radius 2 is 2.00 bits per heavy atom. The zero-order valence-corrected chi connectivity index (χ0v) is 16.5. The standard InChI is InChI=1S/C26H29N/c1-5-7-13-24-21(3)15-16-22-11-8-9-14-25(22)27(24)23-12-10-19-26(4,18-6-2)20-17-23/h5-14,17,19-20H,2-3,15-16,18H2,1,4H3/b7-5-,24-13+. The minimum absolute atomic E-state index is 0.00439. The van der Waals surface area contributed by atoms with Gasteiger partial charge in [-0.2, -0.15) is 0 Å². The summed E-state index contributed by atoms with van der Waals surface area (Å²) in [6.45, 7) is 12.6. The molecule has 0 fully saturated rings. The molecule has 0 spiro atoms. The van der Waals surface area contributed by atoms with Crippen molar-refractivity contribution in [2.75, 3.05) is 4.90 Å². The van der Waals surface area contributed by atoms with Gasteiger partial charge in [0.05, 0.1) is 0 Å². The minimum atomic E-state index is -0.00439. The molecule has 1 aromatic carbocycles. The molecule has 1 nitrogen and oxygen atoms in total. The molecule has 0 aromatic heterocycles. The highest BCUT2D eigenvalue weighted by atomic mass is 15.2. The maximum absolute atomic E-state index is 4.39. The molecule has 0 saturated heterocycles. The lowest BCUT2D eigenvalue weighted by Gasteiger charge is -2.29. The molecule has 27 heavy (non-hydrogen) atoms. The quantitative estimate of drug-likeness (QED) is 0.523. The van der Waals surface area contributed by atoms with Gasteiger partial charge in [-0.3, -0.25) is 0 Å². The number of benzene rings is 1. The van der Waals surface area contributed by atoms with Gasteiger partial charge in [-0.15, -0.1) is 6.58 Å². The average Bonchev–Trinajstić information content (AvgIpc) is 2.93. The van der Waals surface area contributed by atoms with Gasteiger partial charge in [0, 0.05) is 22.5 Å². The van der Waals surface area contributed by atoms with Crippen molar-refractivity contribution >= 4 is 5.69 Å². The maximum Gasteiger partial charge on any atom is 0.0493 e. The van der Waals surface area contributed by atoms with Crippen LogP contribution in [0.3, 0.4) is 0 Å². The summed E-state index contributed by atoms with van der Waals surface area (Å²) in [5.74, 6) is 0. The van der Waals surface area contributed by atoms with Gasteiger partial charge in [-0.1, -0.05) is 68.2 Å². The van der Waals surface area contributed by atoms with Crippen molar-refractivity contribution in [1.29, 1.82) is 0 Å². The van der Waals surface area contributed by atoms with E-state index in [0.29, 0.717) is 0 Å². The molecule has 1 atom stereocenters. The number of aryl methyl sites for hydroxylation is 1. The van der Waals surface area contributed by atoms with Crippen molar-refractivity contribution in [3.63, 3.8) is 0 Å². The van der Waals surface area contributed by atoms with Crippen LogP contribution < -0.4 is 4.90 Å². The third-order valence-corrected chi connectivity index (χ3v) is 5.20. The molecule has 3 rings (SSSR count). The van der Waals surface area contributed by atoms with E-state index in [1.807, 2.05) is 13.0 Å². The molecule has 1 aliphatic heterocycles. The molecule has 0 saturated carbocycles. The SMILES string of the molecule is C=CCC1(C)C=CC=C(N2/C(=C/C=C\C)C(=C)CCc3ccccc32)C=C1. The van der Waals surface area contributed by atoms with E-state index in [1.165, 1.54) is 16.8 Å². The zero-order chi connectivity index (χ0) is 19.3. The number of hydrogen-bond acceptors (Lipinski definition) is 1. The molecule has 0 N–H and O–H groups in total. The molecule has 1 heteroatoms. The summed E-state index contributed by atoms with van der Waals surface area (Å²) in [6.07, 6.45) is 22.4. The smallest absolute Gasteiger partial charge is 0.0493 e. The van der Waals surface area contributed by atoms with Crippen LogP contribution in [0.1, 0.15) is 32.3 Å². The van der Waals surface area contributed by atoms with Crippen LogP contribution in [0.25, 0.3) is 0 Å². The second-order valence-electron chi connectivity index (χ2n) is 7.43. The number of allylic oxidation sites excluding steroid dienone is 10. The number of hydrogen-bond donors (Lipinski definition) is 0. The lowest BCUT2D eigenvalue weighted by atomic mass is 9.86. The average molecular weight is 356 g/mol. The predicted molar refractivity (Wildman–Crippen MR) is 119 cm³/mol. The van der Waals surface area contributed by atoms with E-state index in [4.69, 9.17) is 0 Å². The van der Waals surface area contributed by atoms with E-state index < -0.39 is 0 Å². The number of nitrogens with zero attached hydrogens (tertiary/aromatic N) is 1. The lowest BCUT2D eigenvalue weighted by molar-refractivity contribution is 0.563. The highest BCUT2D eigenvalue weighted by Gasteiger charge is 2.25. The van der Waals surface area contributed by atoms with Gasteiger partial charge < -0.3 is 4.90 Å². The molecule has 1 aromatic rings. The van der Waals surface area contributed by atoms with Gasteiger partial charge in [0.25, 0.3) is 0 Å². The summed E-state index contributed by atoms with van der Waals surface area (Å²) in [6, 6.07) is 8.68. The second-order valence-corrected chi connectivity index (χ2v) is 7.43. The van der Waals surface area contributed by atoms with Gasteiger partial charge in [-0.05, 0) is 61.6 Å². The van der Waals surface area contributed by atoms with Gasteiger partial charge in [0.1, 0.15) is 0 Å². The van der Waals surface area contributed by atoms with Crippen LogP contribution in [0.2, 0.25) is 0 Å². The Hall–Kier alpha value is -2.80. The van der Waals surface area contributed by atoms with Crippen LogP contribution in [0, 0.1) is 5.41 Å². The van der Waals surface area contributed by atoms with Crippen molar-refractivity contribution < 1.29 is 0 Å². The van der Waals surface area contributed by atoms with Crippen molar-refractivity contribution in [3.8, 4) is 0 Å². The van der Waals surface area contributed by atoms with Gasteiger partial charge in [0.15, 0.2) is 0 Å². The fourth-order valence-corrected chi connectivity index (χ4v) is 3.65. The number of anilines is 1. The van der Waals surface area contributed by atoms with Gasteiger partial charge in [-0.25, -0.2) is 0 Å². The molecule has 1 heterocycles. The molecule has 0 radical (unpaired) electrons. The fraction of sp³-hybridized carbons (Fsp3) is 0.231. The largest absolute Gasteiger partial charge is 0.310 e. The van der Waals surface area contributed by atoms with Crippen molar-refractivity contribution in [3.05, 3.63) is 115 Å². The van der Waals surface area contributed by atoms with E-state index in [9.17, 15) is 0 Å². The summed E-state index contributed by atoms with van der Waals surface area (Å²) in [7, 11) is 0. The third kappa shape index (κ3) is 4.14. The van der Waals surface area contributed by atoms with Crippen LogP contribution >= 0.6 is 0 Å². The Labute approximate surface area is 164 Å². The molecule has 138 valence electrons. The Bertz CT molecular complexity index is 875. The van der Waals surface area contributed by atoms with Gasteiger partial charge in [0.2, 0.25) is 0 Å². The van der Waals surface area contributed by atoms with Crippen LogP contribution in [-0.4, -0.2) is 0 Å². The summed E-state index contributed by atoms with van der Waals surface area (Å²) < 4.78 is 0. The summed E-state index contributed by atoms with van der Waals surface area (Å²) in [5.41, 5.74) is 6.08. The highest BCUT2D eigenvalue weighted by Crippen LogP contribution is 2.38. The summed E-state index contributed by atoms with van der Waals surface area (Å²) in [4.78, 5) is 2.35. The minimum Gasteiger partial charge on any atom is -0.310 e. The van der Waals surface area contributed by atoms with Crippen LogP contribution in [0.4, 0.5) is 5.69 Å². The van der Waals surface area contributed by atoms with Crippen LogP contribution in [-0.2, 0) is 6.42 Å². The second kappa shape index (κ2) is 8.26. The number of para-hydroxylation sites is 1. The topological polar surface area (TPSA) is 3.24 Å². The van der Waals surface area contributed by atoms with Crippen LogP contribution in [0.15, 0.2) is 109 Å². The molecule has 1 aliphatic carbocycles. The first kappa shape index (κ1) is 19.0. The molecular weight excluding hydrogens is 326 g/mol. The van der Waals surface area contributed by atoms with Crippen molar-refractivity contribution in [2.24, 2.45) is 5.41 Å². The molecule has 0 bridgehead atoms. The van der Waals surface area contributed by atoms with E-state index in [-0.39, 0.29) is 5.41 Å². The van der Waals surface area contributed by atoms with E-state index in [1.54, 1.807) is 0 Å². The Morgan fingerprint density at radius 3 is 2.78 bits per heavy atom. The van der Waals surface area contributed by atoms with E-state index in [2.05, 4.69) is 97.9 Å². The van der Waals surface area contributed by atoms with E-state index >= 15 is 0 Å². The first-order valence-corrected chi connectivity index (χ1v) is 9.67. The first-order chi connectivity index (χ1) is 13.1. The third-order valence-electron chi connectivity index (χ3n) is 5.20. The molecule has 0 amide bonds. The Morgan fingerprint density at radius 1 is 1.19 bits per heavy atom. The number of fused-ring (bicyclic) bond motifs is 1. The van der Waals surface area contributed by atoms with Crippen LogP contribution in [0.5, 0.6) is 0 Å². The predicted octanol–water partition coefficient (Wildman–Crippen LogP) is 7.05. The van der Waals surface area contributed by atoms with Gasteiger partial charge >= 0.3 is 0 Å². The zero-order valence-electron chi connectivity index (χ0n) is 16.5. The molecule has 1 unspecified atom stereocenters. The summed E-state index contributed by atoms with van der Waals surface area (Å²) >= 11 is 0. The monoisotopic (exact) mass is 355 g/mol. The number of rotatable bonds is 4. The first-order valence-electron chi connectivity index (χ1n) is 9.67. The Kier molecular flexibility index (Phi) is 5.81. The molecule has 2 aliphatic rings. The lowest BCUT2D eigenvalue weighted by Crippen LogP contribution is -2.21. The normalized spacial score (nSPS) is 23.9. The van der Waals surface area contributed by atoms with E-state index in [0.717, 1.165) is 30.7 Å².